The standard InChI is InChI=1S/C20H21N3OS3/c1-14(2)16-10-8-15(9-11-16)12-25-19-22-23-20(27-19)26-13-18(24)21-17-6-4-3-5-7-17/h3-11,14H,12-13H2,1-2H3,(H,21,24). The molecular formula is C20H21N3OS3. The Morgan fingerprint density at radius 3 is 2.33 bits per heavy atom. The molecule has 1 amide bonds. The van der Waals surface area contributed by atoms with Crippen molar-refractivity contribution in [1.29, 1.82) is 0 Å². The maximum Gasteiger partial charge on any atom is 0.234 e. The Morgan fingerprint density at radius 2 is 1.67 bits per heavy atom. The van der Waals surface area contributed by atoms with Crippen molar-refractivity contribution in [2.75, 3.05) is 11.1 Å². The zero-order valence-corrected chi connectivity index (χ0v) is 17.7. The van der Waals surface area contributed by atoms with E-state index in [0.29, 0.717) is 11.7 Å². The lowest BCUT2D eigenvalue weighted by Gasteiger charge is -2.06. The number of anilines is 1. The van der Waals surface area contributed by atoms with Gasteiger partial charge < -0.3 is 5.32 Å². The van der Waals surface area contributed by atoms with Gasteiger partial charge in [0.25, 0.3) is 0 Å². The van der Waals surface area contributed by atoms with Crippen molar-refractivity contribution >= 4 is 46.5 Å². The number of hydrogen-bond donors (Lipinski definition) is 1. The van der Waals surface area contributed by atoms with Crippen molar-refractivity contribution in [2.24, 2.45) is 0 Å². The predicted molar refractivity (Wildman–Crippen MR) is 116 cm³/mol. The Balaban J connectivity index is 1.44. The second-order valence-electron chi connectivity index (χ2n) is 6.22. The molecule has 0 radical (unpaired) electrons. The molecule has 140 valence electrons. The summed E-state index contributed by atoms with van der Waals surface area (Å²) in [6, 6.07) is 18.2. The average molecular weight is 416 g/mol. The zero-order valence-electron chi connectivity index (χ0n) is 15.2. The lowest BCUT2D eigenvalue weighted by Crippen LogP contribution is -2.13. The van der Waals surface area contributed by atoms with Crippen LogP contribution in [0.2, 0.25) is 0 Å². The third-order valence-electron chi connectivity index (χ3n) is 3.78. The number of aromatic nitrogens is 2. The molecule has 1 heterocycles. The number of nitrogens with one attached hydrogen (secondary N) is 1. The highest BCUT2D eigenvalue weighted by atomic mass is 32.2. The normalized spacial score (nSPS) is 10.9. The monoisotopic (exact) mass is 415 g/mol. The molecule has 3 aromatic rings. The van der Waals surface area contributed by atoms with Crippen LogP contribution in [0.25, 0.3) is 0 Å². The molecule has 7 heteroatoms. The zero-order chi connectivity index (χ0) is 19.1. The van der Waals surface area contributed by atoms with Crippen LogP contribution in [0.5, 0.6) is 0 Å². The number of amides is 1. The molecule has 0 unspecified atom stereocenters. The molecule has 1 aromatic heterocycles. The van der Waals surface area contributed by atoms with Crippen LogP contribution in [0.1, 0.15) is 30.9 Å². The van der Waals surface area contributed by atoms with E-state index in [1.807, 2.05) is 30.3 Å². The molecule has 1 N–H and O–H groups in total. The maximum atomic E-state index is 12.0. The van der Waals surface area contributed by atoms with Gasteiger partial charge in [0.05, 0.1) is 5.75 Å². The Kier molecular flexibility index (Phi) is 7.32. The fourth-order valence-corrected chi connectivity index (χ4v) is 5.08. The van der Waals surface area contributed by atoms with Crippen LogP contribution in [-0.4, -0.2) is 21.9 Å². The van der Waals surface area contributed by atoms with E-state index in [1.54, 1.807) is 11.8 Å². The van der Waals surface area contributed by atoms with Gasteiger partial charge in [0.2, 0.25) is 5.91 Å². The highest BCUT2D eigenvalue weighted by Crippen LogP contribution is 2.31. The molecule has 2 aromatic carbocycles. The van der Waals surface area contributed by atoms with Gasteiger partial charge in [0.1, 0.15) is 0 Å². The summed E-state index contributed by atoms with van der Waals surface area (Å²) in [5, 5.41) is 11.3. The van der Waals surface area contributed by atoms with Crippen molar-refractivity contribution in [3.8, 4) is 0 Å². The van der Waals surface area contributed by atoms with E-state index in [2.05, 4.69) is 53.6 Å². The summed E-state index contributed by atoms with van der Waals surface area (Å²) in [5.41, 5.74) is 3.43. The van der Waals surface area contributed by atoms with Gasteiger partial charge in [-0.3, -0.25) is 4.79 Å². The summed E-state index contributed by atoms with van der Waals surface area (Å²) in [5.74, 6) is 1.70. The minimum absolute atomic E-state index is 0.0409. The highest BCUT2D eigenvalue weighted by Gasteiger charge is 2.09. The number of rotatable bonds is 8. The van der Waals surface area contributed by atoms with E-state index in [4.69, 9.17) is 0 Å². The topological polar surface area (TPSA) is 54.9 Å². The van der Waals surface area contributed by atoms with Gasteiger partial charge >= 0.3 is 0 Å². The molecule has 0 aliphatic rings. The van der Waals surface area contributed by atoms with Gasteiger partial charge in [-0.1, -0.05) is 91.2 Å². The number of carbonyl (C=O) groups excluding carboxylic acids is 1. The van der Waals surface area contributed by atoms with Crippen molar-refractivity contribution in [3.63, 3.8) is 0 Å². The first-order valence-electron chi connectivity index (χ1n) is 8.63. The molecule has 0 saturated heterocycles. The van der Waals surface area contributed by atoms with Crippen molar-refractivity contribution in [1.82, 2.24) is 10.2 Å². The molecule has 0 aliphatic carbocycles. The van der Waals surface area contributed by atoms with E-state index in [1.165, 1.54) is 34.2 Å². The lowest BCUT2D eigenvalue weighted by molar-refractivity contribution is -0.113. The maximum absolute atomic E-state index is 12.0. The minimum Gasteiger partial charge on any atom is -0.325 e. The van der Waals surface area contributed by atoms with Crippen molar-refractivity contribution in [2.45, 2.75) is 34.2 Å². The molecule has 0 atom stereocenters. The van der Waals surface area contributed by atoms with Crippen molar-refractivity contribution < 1.29 is 4.79 Å². The van der Waals surface area contributed by atoms with Crippen LogP contribution in [-0.2, 0) is 10.5 Å². The van der Waals surface area contributed by atoms with Gasteiger partial charge in [-0.2, -0.15) is 0 Å². The SMILES string of the molecule is CC(C)c1ccc(CSc2nnc(SCC(=O)Nc3ccccc3)s2)cc1. The number of thioether (sulfide) groups is 2. The molecule has 0 aliphatic heterocycles. The van der Waals surface area contributed by atoms with Crippen LogP contribution < -0.4 is 5.32 Å². The second-order valence-corrected chi connectivity index (χ2v) is 9.64. The van der Waals surface area contributed by atoms with Gasteiger partial charge in [-0.05, 0) is 29.2 Å². The van der Waals surface area contributed by atoms with Gasteiger partial charge in [-0.25, -0.2) is 0 Å². The smallest absolute Gasteiger partial charge is 0.234 e. The molecule has 0 fully saturated rings. The first kappa shape index (κ1) is 19.9. The number of hydrogen-bond acceptors (Lipinski definition) is 6. The summed E-state index contributed by atoms with van der Waals surface area (Å²) < 4.78 is 1.74. The van der Waals surface area contributed by atoms with Crippen LogP contribution in [0.4, 0.5) is 5.69 Å². The van der Waals surface area contributed by atoms with Crippen LogP contribution in [0.3, 0.4) is 0 Å². The third kappa shape index (κ3) is 6.37. The van der Waals surface area contributed by atoms with E-state index < -0.39 is 0 Å². The average Bonchev–Trinajstić information content (AvgIpc) is 3.14. The summed E-state index contributed by atoms with van der Waals surface area (Å²) in [6.07, 6.45) is 0. The first-order valence-corrected chi connectivity index (χ1v) is 11.4. The summed E-state index contributed by atoms with van der Waals surface area (Å²) in [6.45, 7) is 4.40. The van der Waals surface area contributed by atoms with Gasteiger partial charge in [0.15, 0.2) is 8.68 Å². The molecule has 0 bridgehead atoms. The highest BCUT2D eigenvalue weighted by molar-refractivity contribution is 8.03. The quantitative estimate of drug-likeness (QED) is 0.479. The number of nitrogens with zero attached hydrogens (tertiary/aromatic N) is 2. The van der Waals surface area contributed by atoms with Crippen LogP contribution >= 0.6 is 34.9 Å². The van der Waals surface area contributed by atoms with E-state index >= 15 is 0 Å². The third-order valence-corrected chi connectivity index (χ3v) is 7.04. The summed E-state index contributed by atoms with van der Waals surface area (Å²) in [4.78, 5) is 12.0. The summed E-state index contributed by atoms with van der Waals surface area (Å²) in [7, 11) is 0. The van der Waals surface area contributed by atoms with Gasteiger partial charge in [0, 0.05) is 11.4 Å². The Labute approximate surface area is 172 Å². The Morgan fingerprint density at radius 1 is 1.00 bits per heavy atom. The van der Waals surface area contributed by atoms with Gasteiger partial charge in [-0.15, -0.1) is 10.2 Å². The lowest BCUT2D eigenvalue weighted by atomic mass is 10.0. The number of carbonyl (C=O) groups is 1. The van der Waals surface area contributed by atoms with E-state index in [0.717, 1.165) is 20.1 Å². The number of benzene rings is 2. The second kappa shape index (κ2) is 9.92. The minimum atomic E-state index is -0.0409. The fourth-order valence-electron chi connectivity index (χ4n) is 2.30. The molecule has 4 nitrogen and oxygen atoms in total. The molecule has 0 saturated carbocycles. The fraction of sp³-hybridized carbons (Fsp3) is 0.250. The molecule has 3 rings (SSSR count). The summed E-state index contributed by atoms with van der Waals surface area (Å²) >= 11 is 4.62. The Hall–Kier alpha value is -1.83. The molecule has 0 spiro atoms. The van der Waals surface area contributed by atoms with Crippen molar-refractivity contribution in [3.05, 3.63) is 65.7 Å². The molecular weight excluding hydrogens is 394 g/mol. The van der Waals surface area contributed by atoms with Crippen LogP contribution in [0.15, 0.2) is 63.3 Å². The van der Waals surface area contributed by atoms with E-state index in [-0.39, 0.29) is 5.91 Å². The van der Waals surface area contributed by atoms with Crippen LogP contribution in [0, 0.1) is 0 Å². The Bertz CT molecular complexity index is 864. The largest absolute Gasteiger partial charge is 0.325 e. The molecule has 27 heavy (non-hydrogen) atoms. The first-order chi connectivity index (χ1) is 13.1. The van der Waals surface area contributed by atoms with E-state index in [9.17, 15) is 4.79 Å². The number of para-hydroxylation sites is 1. The predicted octanol–water partition coefficient (Wildman–Crippen LogP) is 5.68.